The standard InChI is InChI=1S/C23H19N3O2S/c1-13-14(2)29-23-18(13)22(28)24-21-19(20(27)15-8-10-25(3)11-9-15)17-7-5-4-6-16(17)12-26(21)23/h4-11H,12H2,1-3H3/p+1. The molecule has 0 fully saturated rings. The zero-order valence-corrected chi connectivity index (χ0v) is 17.2. The molecule has 144 valence electrons. The Hall–Kier alpha value is -3.25. The van der Waals surface area contributed by atoms with Crippen LogP contribution in [-0.4, -0.2) is 14.7 Å². The van der Waals surface area contributed by atoms with E-state index in [9.17, 15) is 9.90 Å². The van der Waals surface area contributed by atoms with Gasteiger partial charge in [-0.05, 0) is 30.5 Å². The zero-order chi connectivity index (χ0) is 20.3. The number of thiophene rings is 1. The van der Waals surface area contributed by atoms with Gasteiger partial charge in [-0.25, -0.2) is 4.57 Å². The summed E-state index contributed by atoms with van der Waals surface area (Å²) in [5, 5.41) is 12.0. The van der Waals surface area contributed by atoms with E-state index in [1.807, 2.05) is 68.2 Å². The Morgan fingerprint density at radius 3 is 2.66 bits per heavy atom. The highest BCUT2D eigenvalue weighted by molar-refractivity contribution is 7.18. The molecule has 0 amide bonds. The minimum Gasteiger partial charge on any atom is -0.507 e. The van der Waals surface area contributed by atoms with Crippen molar-refractivity contribution in [1.29, 1.82) is 0 Å². The number of fused-ring (bicyclic) bond motifs is 4. The molecule has 0 radical (unpaired) electrons. The summed E-state index contributed by atoms with van der Waals surface area (Å²) in [7, 11) is 1.93. The smallest absolute Gasteiger partial charge is 0.282 e. The molecule has 5 nitrogen and oxygen atoms in total. The quantitative estimate of drug-likeness (QED) is 0.343. The summed E-state index contributed by atoms with van der Waals surface area (Å²) in [6.45, 7) is 4.62. The van der Waals surface area contributed by atoms with Crippen LogP contribution in [0, 0.1) is 13.8 Å². The Morgan fingerprint density at radius 1 is 1.17 bits per heavy atom. The van der Waals surface area contributed by atoms with Crippen LogP contribution in [0.15, 0.2) is 53.6 Å². The lowest BCUT2D eigenvalue weighted by molar-refractivity contribution is -0.671. The Kier molecular flexibility index (Phi) is 3.93. The number of aliphatic hydroxyl groups excluding tert-OH is 1. The number of rotatable bonds is 1. The molecular weight excluding hydrogens is 382 g/mol. The third-order valence-electron chi connectivity index (χ3n) is 5.62. The second-order valence-corrected chi connectivity index (χ2v) is 8.63. The first-order valence-electron chi connectivity index (χ1n) is 9.44. The van der Waals surface area contributed by atoms with Crippen LogP contribution in [0.25, 0.3) is 21.5 Å². The molecule has 5 rings (SSSR count). The summed E-state index contributed by atoms with van der Waals surface area (Å²) < 4.78 is 3.98. The predicted molar refractivity (Wildman–Crippen MR) is 115 cm³/mol. The van der Waals surface area contributed by atoms with E-state index in [4.69, 9.17) is 0 Å². The van der Waals surface area contributed by atoms with Crippen LogP contribution in [-0.2, 0) is 13.6 Å². The third-order valence-corrected chi connectivity index (χ3v) is 6.85. The van der Waals surface area contributed by atoms with E-state index in [0.29, 0.717) is 28.9 Å². The van der Waals surface area contributed by atoms with Crippen molar-refractivity contribution in [2.45, 2.75) is 20.4 Å². The number of aliphatic hydroxyl groups is 1. The van der Waals surface area contributed by atoms with Crippen LogP contribution in [0.1, 0.15) is 33.0 Å². The van der Waals surface area contributed by atoms with Gasteiger partial charge >= 0.3 is 0 Å². The summed E-state index contributed by atoms with van der Waals surface area (Å²) in [5.41, 5.74) is 4.05. The lowest BCUT2D eigenvalue weighted by atomic mass is 9.92. The Bertz CT molecular complexity index is 1380. The third kappa shape index (κ3) is 2.63. The number of aryl methyl sites for hydroxylation is 3. The molecule has 29 heavy (non-hydrogen) atoms. The van der Waals surface area contributed by atoms with E-state index in [0.717, 1.165) is 26.4 Å². The molecule has 0 atom stereocenters. The van der Waals surface area contributed by atoms with Crippen molar-refractivity contribution in [3.05, 3.63) is 92.1 Å². The highest BCUT2D eigenvalue weighted by atomic mass is 32.1. The van der Waals surface area contributed by atoms with Crippen molar-refractivity contribution in [3.63, 3.8) is 0 Å². The molecular formula is C23H20N3O2S+. The molecule has 4 heterocycles. The monoisotopic (exact) mass is 402 g/mol. The van der Waals surface area contributed by atoms with Gasteiger partial charge in [0.15, 0.2) is 12.4 Å². The highest BCUT2D eigenvalue weighted by Gasteiger charge is 2.28. The molecule has 0 spiro atoms. The Balaban J connectivity index is 1.90. The molecule has 0 saturated heterocycles. The lowest BCUT2D eigenvalue weighted by Crippen LogP contribution is -2.26. The first-order chi connectivity index (χ1) is 14.0. The largest absolute Gasteiger partial charge is 0.507 e. The van der Waals surface area contributed by atoms with Gasteiger partial charge in [0.2, 0.25) is 0 Å². The molecule has 3 aromatic heterocycles. The van der Waals surface area contributed by atoms with Gasteiger partial charge in [0.25, 0.3) is 5.56 Å². The summed E-state index contributed by atoms with van der Waals surface area (Å²) in [6.07, 6.45) is 3.77. The van der Waals surface area contributed by atoms with E-state index in [1.54, 1.807) is 11.3 Å². The molecule has 0 unspecified atom stereocenters. The molecule has 0 aliphatic carbocycles. The Morgan fingerprint density at radius 2 is 1.90 bits per heavy atom. The van der Waals surface area contributed by atoms with Gasteiger partial charge in [0, 0.05) is 22.6 Å². The topological polar surface area (TPSA) is 59.0 Å². The van der Waals surface area contributed by atoms with Gasteiger partial charge in [-0.1, -0.05) is 24.3 Å². The fourth-order valence-corrected chi connectivity index (χ4v) is 5.08. The van der Waals surface area contributed by atoms with Crippen LogP contribution >= 0.6 is 11.3 Å². The van der Waals surface area contributed by atoms with Gasteiger partial charge in [-0.15, -0.1) is 11.3 Å². The van der Waals surface area contributed by atoms with E-state index >= 15 is 0 Å². The van der Waals surface area contributed by atoms with Crippen molar-refractivity contribution in [2.24, 2.45) is 7.05 Å². The van der Waals surface area contributed by atoms with Crippen LogP contribution in [0.4, 0.5) is 0 Å². The van der Waals surface area contributed by atoms with Crippen molar-refractivity contribution in [2.75, 3.05) is 0 Å². The molecule has 1 aliphatic rings. The predicted octanol–water partition coefficient (Wildman–Crippen LogP) is 3.74. The molecule has 1 aromatic carbocycles. The van der Waals surface area contributed by atoms with Crippen molar-refractivity contribution < 1.29 is 9.67 Å². The molecule has 0 saturated carbocycles. The van der Waals surface area contributed by atoms with Gasteiger partial charge in [-0.3, -0.25) is 4.79 Å². The fraction of sp³-hybridized carbons (Fsp3) is 0.174. The highest BCUT2D eigenvalue weighted by Crippen LogP contribution is 2.38. The van der Waals surface area contributed by atoms with E-state index < -0.39 is 0 Å². The van der Waals surface area contributed by atoms with E-state index in [-0.39, 0.29) is 11.3 Å². The number of nitrogens with zero attached hydrogens (tertiary/aromatic N) is 3. The number of hydrogen-bond donors (Lipinski definition) is 1. The Labute approximate surface area is 171 Å². The fourth-order valence-electron chi connectivity index (χ4n) is 3.93. The maximum atomic E-state index is 12.9. The number of pyridine rings is 1. The van der Waals surface area contributed by atoms with Crippen molar-refractivity contribution >= 4 is 32.9 Å². The van der Waals surface area contributed by atoms with Gasteiger partial charge in [0.05, 0.1) is 17.5 Å². The second-order valence-electron chi connectivity index (χ2n) is 7.42. The summed E-state index contributed by atoms with van der Waals surface area (Å²) >= 11 is 1.61. The normalized spacial score (nSPS) is 14.6. The number of aromatic nitrogens is 3. The van der Waals surface area contributed by atoms with Gasteiger partial charge in [0.1, 0.15) is 23.5 Å². The maximum absolute atomic E-state index is 12.9. The van der Waals surface area contributed by atoms with Crippen LogP contribution in [0.5, 0.6) is 0 Å². The van der Waals surface area contributed by atoms with Crippen molar-refractivity contribution in [3.8, 4) is 0 Å². The average molecular weight is 402 g/mol. The van der Waals surface area contributed by atoms with Crippen LogP contribution in [0.2, 0.25) is 0 Å². The van der Waals surface area contributed by atoms with Gasteiger partial charge in [-0.2, -0.15) is 4.98 Å². The molecule has 1 N–H and O–H groups in total. The minimum atomic E-state index is -0.239. The first-order valence-corrected chi connectivity index (χ1v) is 10.3. The van der Waals surface area contributed by atoms with Crippen LogP contribution in [0.3, 0.4) is 0 Å². The summed E-state index contributed by atoms with van der Waals surface area (Å²) in [6, 6.07) is 11.7. The number of benzene rings is 1. The van der Waals surface area contributed by atoms with Crippen molar-refractivity contribution in [1.82, 2.24) is 9.55 Å². The van der Waals surface area contributed by atoms with E-state index in [2.05, 4.69) is 15.6 Å². The van der Waals surface area contributed by atoms with E-state index in [1.165, 1.54) is 0 Å². The molecule has 4 aromatic rings. The molecule has 0 bridgehead atoms. The number of hydrogen-bond acceptors (Lipinski definition) is 4. The maximum Gasteiger partial charge on any atom is 0.282 e. The van der Waals surface area contributed by atoms with Gasteiger partial charge < -0.3 is 9.67 Å². The average Bonchev–Trinajstić information content (AvgIpc) is 3.02. The molecule has 1 aliphatic heterocycles. The lowest BCUT2D eigenvalue weighted by Gasteiger charge is -2.25. The first kappa shape index (κ1) is 17.8. The van der Waals surface area contributed by atoms with Crippen LogP contribution < -0.4 is 10.1 Å². The summed E-state index contributed by atoms with van der Waals surface area (Å²) in [5.74, 6) is 0.649. The minimum absolute atomic E-state index is 0.128. The SMILES string of the molecule is Cc1sc2c(c1C)c(=O)nc1n2Cc2ccccc2/C1=C(/O)c1cc[n+](C)cc1. The zero-order valence-electron chi connectivity index (χ0n) is 16.4. The second kappa shape index (κ2) is 6.39. The summed E-state index contributed by atoms with van der Waals surface area (Å²) in [4.78, 5) is 19.4. The molecule has 6 heteroatoms.